The molecule has 2 unspecified atom stereocenters. The molecule has 4 N–H and O–H groups in total. The fourth-order valence-electron chi connectivity index (χ4n) is 9.68. The van der Waals surface area contributed by atoms with Gasteiger partial charge in [0.05, 0.1) is 31.3 Å². The third-order valence-corrected chi connectivity index (χ3v) is 13.0. The van der Waals surface area contributed by atoms with Crippen molar-refractivity contribution in [3.63, 3.8) is 0 Å². The average Bonchev–Trinajstić information content (AvgIpc) is 3.58. The van der Waals surface area contributed by atoms with Gasteiger partial charge in [-0.15, -0.1) is 0 Å². The predicted octanol–water partition coefficient (Wildman–Crippen LogP) is 9.17. The zero-order valence-corrected chi connectivity index (χ0v) is 37.1. The Labute approximate surface area is 371 Å². The number of anilines is 2. The minimum absolute atomic E-state index is 0.0268. The number of hydrogen-bond acceptors (Lipinski definition) is 10. The number of imide groups is 1. The number of amides is 3. The van der Waals surface area contributed by atoms with Crippen molar-refractivity contribution in [3.8, 4) is 11.5 Å². The monoisotopic (exact) mass is 889 g/mol. The average molecular weight is 890 g/mol. The van der Waals surface area contributed by atoms with Crippen LogP contribution < -0.4 is 25.8 Å². The number of nitrogens with zero attached hydrogens (tertiary/aromatic N) is 4. The highest BCUT2D eigenvalue weighted by Crippen LogP contribution is 2.42. The van der Waals surface area contributed by atoms with Gasteiger partial charge in [0.25, 0.3) is 5.91 Å². The number of carbonyl (C=O) groups is 3. The Morgan fingerprint density at radius 2 is 1.61 bits per heavy atom. The molecule has 7 rings (SSSR count). The molecule has 3 amide bonds. The van der Waals surface area contributed by atoms with E-state index in [0.29, 0.717) is 51.6 Å². The number of piperidine rings is 2. The molecule has 16 heteroatoms. The number of rotatable bonds is 18. The second-order valence-electron chi connectivity index (χ2n) is 17.5. The van der Waals surface area contributed by atoms with E-state index in [0.717, 1.165) is 113 Å². The number of nitrogens with two attached hydrogens (primary N) is 1. The van der Waals surface area contributed by atoms with E-state index < -0.39 is 35.5 Å². The summed E-state index contributed by atoms with van der Waals surface area (Å²) in [5.74, 6) is 0.667. The first-order valence-corrected chi connectivity index (χ1v) is 22.5. The summed E-state index contributed by atoms with van der Waals surface area (Å²) in [6.07, 6.45) is 7.12. The number of methoxy groups -OCH3 is 2. The molecule has 12 nitrogen and oxygen atoms in total. The lowest BCUT2D eigenvalue weighted by Gasteiger charge is -2.33. The van der Waals surface area contributed by atoms with E-state index in [1.165, 1.54) is 17.0 Å². The first-order chi connectivity index (χ1) is 30.6. The highest BCUT2D eigenvalue weighted by Gasteiger charge is 2.41. The zero-order chi connectivity index (χ0) is 45.7. The van der Waals surface area contributed by atoms with Gasteiger partial charge < -0.3 is 30.3 Å². The minimum Gasteiger partial charge on any atom is -0.493 e. The van der Waals surface area contributed by atoms with Crippen molar-refractivity contribution in [1.29, 1.82) is 0 Å². The van der Waals surface area contributed by atoms with Crippen LogP contribution >= 0.6 is 0 Å². The summed E-state index contributed by atoms with van der Waals surface area (Å²) in [5.41, 5.74) is 9.09. The fraction of sp³-hybridized carbons (Fsp3) is 0.521. The van der Waals surface area contributed by atoms with Gasteiger partial charge >= 0.3 is 6.18 Å². The van der Waals surface area contributed by atoms with E-state index >= 15 is 0 Å². The van der Waals surface area contributed by atoms with Crippen LogP contribution in [-0.4, -0.2) is 77.4 Å². The highest BCUT2D eigenvalue weighted by atomic mass is 19.4. The number of fused-ring (bicyclic) bond motifs is 2. The van der Waals surface area contributed by atoms with E-state index in [-0.39, 0.29) is 42.8 Å². The molecule has 344 valence electrons. The molecule has 2 saturated heterocycles. The minimum atomic E-state index is -4.53. The molecule has 1 aromatic heterocycles. The number of benzene rings is 3. The van der Waals surface area contributed by atoms with Gasteiger partial charge in [-0.3, -0.25) is 19.7 Å². The van der Waals surface area contributed by atoms with Gasteiger partial charge in [-0.25, -0.2) is 14.4 Å². The number of ether oxygens (including phenoxy) is 2. The molecule has 0 saturated carbocycles. The molecule has 3 aliphatic heterocycles. The van der Waals surface area contributed by atoms with E-state index in [2.05, 4.69) is 20.5 Å². The first kappa shape index (κ1) is 46.5. The number of halogens is 4. The van der Waals surface area contributed by atoms with E-state index in [1.807, 2.05) is 0 Å². The van der Waals surface area contributed by atoms with Crippen molar-refractivity contribution in [2.45, 2.75) is 128 Å². The van der Waals surface area contributed by atoms with Crippen molar-refractivity contribution in [3.05, 3.63) is 81.4 Å². The Morgan fingerprint density at radius 3 is 2.28 bits per heavy atom. The van der Waals surface area contributed by atoms with Crippen LogP contribution in [0.3, 0.4) is 0 Å². The lowest BCUT2D eigenvalue weighted by Crippen LogP contribution is -2.52. The Balaban J connectivity index is 0.851. The fourth-order valence-corrected chi connectivity index (χ4v) is 9.68. The molecule has 4 aromatic rings. The first-order valence-electron chi connectivity index (χ1n) is 22.5. The smallest absolute Gasteiger partial charge is 0.416 e. The third kappa shape index (κ3) is 10.5. The third-order valence-electron chi connectivity index (χ3n) is 13.0. The maximum absolute atomic E-state index is 14.8. The van der Waals surface area contributed by atoms with Crippen LogP contribution in [0, 0.1) is 12.7 Å². The summed E-state index contributed by atoms with van der Waals surface area (Å²) in [5, 5.41) is 6.32. The van der Waals surface area contributed by atoms with E-state index in [4.69, 9.17) is 20.2 Å². The standard InChI is InChI=1S/C48H59F4N7O5/c1-28(31-21-32(48(50,51)52)23-34(53)22-31)54-45-38-26-41(63-3)44(64-4)35(43(38)55-29(2)56-45)13-11-9-7-5-6-8-10-12-18-58-19-16-30(17-20-58)36-24-33(49)25-37-39(36)27-59(47(37)62)40-14-15-42(60)57-46(40)61/h21-26,28,30,40H,5-20,27,53H2,1-4H3,(H,54,55,56)(H,57,60,61). The quantitative estimate of drug-likeness (QED) is 0.0382. The summed E-state index contributed by atoms with van der Waals surface area (Å²) >= 11 is 0. The lowest BCUT2D eigenvalue weighted by atomic mass is 9.85. The number of carbonyl (C=O) groups excluding carboxylic acids is 3. The Hall–Kier alpha value is -5.51. The second kappa shape index (κ2) is 20.1. The number of unbranched alkanes of at least 4 members (excludes halogenated alkanes) is 7. The van der Waals surface area contributed by atoms with E-state index in [1.54, 1.807) is 40.2 Å². The van der Waals surface area contributed by atoms with Gasteiger partial charge in [-0.05, 0) is 131 Å². The van der Waals surface area contributed by atoms with Crippen LogP contribution in [0.5, 0.6) is 11.5 Å². The van der Waals surface area contributed by atoms with Crippen molar-refractivity contribution < 1.29 is 41.4 Å². The van der Waals surface area contributed by atoms with Gasteiger partial charge in [0, 0.05) is 35.2 Å². The van der Waals surface area contributed by atoms with Crippen molar-refractivity contribution in [2.75, 3.05) is 44.9 Å². The molecule has 0 radical (unpaired) electrons. The molecule has 2 atom stereocenters. The maximum Gasteiger partial charge on any atom is 0.416 e. The van der Waals surface area contributed by atoms with Gasteiger partial charge in [0.1, 0.15) is 23.5 Å². The van der Waals surface area contributed by atoms with Gasteiger partial charge in [0.15, 0.2) is 11.5 Å². The number of nitrogen functional groups attached to an aromatic ring is 1. The Kier molecular flexibility index (Phi) is 14.6. The number of alkyl halides is 3. The van der Waals surface area contributed by atoms with Crippen LogP contribution in [0.25, 0.3) is 10.9 Å². The van der Waals surface area contributed by atoms with Crippen molar-refractivity contribution in [2.24, 2.45) is 0 Å². The zero-order valence-electron chi connectivity index (χ0n) is 37.1. The van der Waals surface area contributed by atoms with Crippen molar-refractivity contribution in [1.82, 2.24) is 25.1 Å². The molecule has 64 heavy (non-hydrogen) atoms. The summed E-state index contributed by atoms with van der Waals surface area (Å²) in [6, 6.07) is 6.94. The molecule has 0 bridgehead atoms. The Bertz CT molecular complexity index is 2370. The number of nitrogens with one attached hydrogen (secondary N) is 2. The molecule has 4 heterocycles. The predicted molar refractivity (Wildman–Crippen MR) is 237 cm³/mol. The molecule has 3 aromatic carbocycles. The summed E-state index contributed by atoms with van der Waals surface area (Å²) < 4.78 is 67.2. The Morgan fingerprint density at radius 1 is 0.906 bits per heavy atom. The van der Waals surface area contributed by atoms with Gasteiger partial charge in [-0.1, -0.05) is 38.5 Å². The van der Waals surface area contributed by atoms with Crippen LogP contribution in [0.4, 0.5) is 29.1 Å². The van der Waals surface area contributed by atoms with Gasteiger partial charge in [0.2, 0.25) is 11.8 Å². The summed E-state index contributed by atoms with van der Waals surface area (Å²) in [6.45, 7) is 6.64. The molecule has 3 aliphatic rings. The number of aromatic nitrogens is 2. The molecule has 2 fully saturated rings. The van der Waals surface area contributed by atoms with E-state index in [9.17, 15) is 31.9 Å². The largest absolute Gasteiger partial charge is 0.493 e. The normalized spacial score (nSPS) is 17.8. The summed E-state index contributed by atoms with van der Waals surface area (Å²) in [4.78, 5) is 51.0. The highest BCUT2D eigenvalue weighted by molar-refractivity contribution is 6.05. The molecular formula is C48H59F4N7O5. The molecule has 0 spiro atoms. The SMILES string of the molecule is COc1cc2c(NC(C)c3cc(N)cc(C(F)(F)F)c3)nc(C)nc2c(CCCCCCCCCCN2CCC(c3cc(F)cc4c3CN(C3CCC(=O)NC3=O)C4=O)CC2)c1OC. The van der Waals surface area contributed by atoms with Crippen molar-refractivity contribution >= 4 is 40.1 Å². The molecule has 0 aliphatic carbocycles. The van der Waals surface area contributed by atoms with Crippen LogP contribution in [0.15, 0.2) is 36.4 Å². The number of likely N-dealkylation sites (tertiary alicyclic amines) is 1. The lowest BCUT2D eigenvalue weighted by molar-refractivity contribution is -0.138. The van der Waals surface area contributed by atoms with Crippen LogP contribution in [0.1, 0.15) is 140 Å². The van der Waals surface area contributed by atoms with Gasteiger partial charge in [-0.2, -0.15) is 13.2 Å². The van der Waals surface area contributed by atoms with Crippen LogP contribution in [-0.2, 0) is 28.7 Å². The second-order valence-corrected chi connectivity index (χ2v) is 17.5. The maximum atomic E-state index is 14.8. The van der Waals surface area contributed by atoms with Crippen LogP contribution in [0.2, 0.25) is 0 Å². The molecular weight excluding hydrogens is 831 g/mol. The number of aryl methyl sites for hydroxylation is 2. The topological polar surface area (TPSA) is 152 Å². The number of hydrogen-bond donors (Lipinski definition) is 3. The summed E-state index contributed by atoms with van der Waals surface area (Å²) in [7, 11) is 3.17.